The summed E-state index contributed by atoms with van der Waals surface area (Å²) in [6.07, 6.45) is 1.25. The number of carbonyl (C=O) groups is 2. The van der Waals surface area contributed by atoms with Gasteiger partial charge in [0.25, 0.3) is 5.91 Å². The number of carbonyl (C=O) groups excluding carboxylic acids is 2. The van der Waals surface area contributed by atoms with Crippen molar-refractivity contribution < 1.29 is 23.1 Å². The Kier molecular flexibility index (Phi) is 4.10. The zero-order valence-corrected chi connectivity index (χ0v) is 14.7. The van der Waals surface area contributed by atoms with Gasteiger partial charge in [-0.25, -0.2) is 19.2 Å². The number of hydrogen-bond donors (Lipinski definition) is 0. The van der Waals surface area contributed by atoms with Crippen molar-refractivity contribution in [2.45, 2.75) is 12.8 Å². The van der Waals surface area contributed by atoms with Gasteiger partial charge in [0.1, 0.15) is 17.6 Å². The Hall–Kier alpha value is -3.29. The standard InChI is InChI=1S/C19H16FN3O4/c1-10-13(6-11-4-3-5-14(20)16(11)21-10)18(24)23-7-12(8-23)17-22-15(9-27-17)19(25)26-2/h3-6,9,12H,7-8H2,1-2H3. The van der Waals surface area contributed by atoms with Gasteiger partial charge in [-0.15, -0.1) is 0 Å². The number of hydrogen-bond acceptors (Lipinski definition) is 6. The van der Waals surface area contributed by atoms with Gasteiger partial charge < -0.3 is 14.1 Å². The van der Waals surface area contributed by atoms with Crippen LogP contribution in [0, 0.1) is 12.7 Å². The van der Waals surface area contributed by atoms with Crippen molar-refractivity contribution in [1.82, 2.24) is 14.9 Å². The molecule has 3 heterocycles. The van der Waals surface area contributed by atoms with Gasteiger partial charge in [-0.05, 0) is 19.1 Å². The predicted molar refractivity (Wildman–Crippen MR) is 92.9 cm³/mol. The van der Waals surface area contributed by atoms with Gasteiger partial charge in [0.15, 0.2) is 5.69 Å². The molecule has 4 rings (SSSR count). The van der Waals surface area contributed by atoms with Crippen LogP contribution in [0.1, 0.15) is 38.3 Å². The van der Waals surface area contributed by atoms with Crippen LogP contribution in [-0.4, -0.2) is 46.9 Å². The highest BCUT2D eigenvalue weighted by atomic mass is 19.1. The molecule has 1 saturated heterocycles. The van der Waals surface area contributed by atoms with E-state index in [0.717, 1.165) is 0 Å². The van der Waals surface area contributed by atoms with E-state index in [1.165, 1.54) is 19.4 Å². The summed E-state index contributed by atoms with van der Waals surface area (Å²) >= 11 is 0. The number of benzene rings is 1. The summed E-state index contributed by atoms with van der Waals surface area (Å²) in [6, 6.07) is 6.32. The van der Waals surface area contributed by atoms with E-state index in [-0.39, 0.29) is 23.0 Å². The Bertz CT molecular complexity index is 1060. The maximum Gasteiger partial charge on any atom is 0.360 e. The highest BCUT2D eigenvalue weighted by Gasteiger charge is 2.36. The molecule has 27 heavy (non-hydrogen) atoms. The highest BCUT2D eigenvalue weighted by Crippen LogP contribution is 2.29. The Balaban J connectivity index is 1.51. The Morgan fingerprint density at radius 2 is 2.07 bits per heavy atom. The van der Waals surface area contributed by atoms with Crippen LogP contribution < -0.4 is 0 Å². The minimum absolute atomic E-state index is 0.0847. The summed E-state index contributed by atoms with van der Waals surface area (Å²) in [7, 11) is 1.27. The molecule has 0 unspecified atom stereocenters. The smallest absolute Gasteiger partial charge is 0.360 e. The zero-order chi connectivity index (χ0) is 19.1. The molecular formula is C19H16FN3O4. The van der Waals surface area contributed by atoms with Crippen LogP contribution in [0.4, 0.5) is 4.39 Å². The second-order valence-electron chi connectivity index (χ2n) is 6.40. The second kappa shape index (κ2) is 6.46. The molecule has 0 saturated carbocycles. The normalized spacial score (nSPS) is 14.3. The third kappa shape index (κ3) is 2.92. The van der Waals surface area contributed by atoms with Crippen LogP contribution in [0.15, 0.2) is 34.9 Å². The van der Waals surface area contributed by atoms with Crippen molar-refractivity contribution in [3.63, 3.8) is 0 Å². The molecule has 0 bridgehead atoms. The molecule has 1 aliphatic heterocycles. The zero-order valence-electron chi connectivity index (χ0n) is 14.7. The fraction of sp³-hybridized carbons (Fsp3) is 0.263. The number of ether oxygens (including phenoxy) is 1. The van der Waals surface area contributed by atoms with Gasteiger partial charge in [0.2, 0.25) is 5.89 Å². The van der Waals surface area contributed by atoms with Crippen molar-refractivity contribution in [1.29, 1.82) is 0 Å². The van der Waals surface area contributed by atoms with Crippen LogP contribution >= 0.6 is 0 Å². The first-order valence-corrected chi connectivity index (χ1v) is 8.37. The molecule has 8 heteroatoms. The number of para-hydroxylation sites is 1. The molecule has 1 aliphatic rings. The molecule has 2 aromatic heterocycles. The van der Waals surface area contributed by atoms with Crippen molar-refractivity contribution in [2.75, 3.05) is 20.2 Å². The van der Waals surface area contributed by atoms with Gasteiger partial charge in [0.05, 0.1) is 24.3 Å². The van der Waals surface area contributed by atoms with E-state index in [1.807, 2.05) is 0 Å². The molecule has 0 atom stereocenters. The van der Waals surface area contributed by atoms with E-state index in [2.05, 4.69) is 14.7 Å². The number of fused-ring (bicyclic) bond motifs is 1. The lowest BCUT2D eigenvalue weighted by atomic mass is 9.98. The van der Waals surface area contributed by atoms with Crippen molar-refractivity contribution in [3.05, 3.63) is 59.2 Å². The summed E-state index contributed by atoms with van der Waals surface area (Å²) in [5.41, 5.74) is 1.27. The number of rotatable bonds is 3. The number of aromatic nitrogens is 2. The summed E-state index contributed by atoms with van der Waals surface area (Å²) in [5.74, 6) is -0.846. The third-order valence-corrected chi connectivity index (χ3v) is 4.65. The number of amides is 1. The number of halogens is 1. The van der Waals surface area contributed by atoms with E-state index in [9.17, 15) is 14.0 Å². The number of nitrogens with zero attached hydrogens (tertiary/aromatic N) is 3. The van der Waals surface area contributed by atoms with Gasteiger partial charge in [-0.1, -0.05) is 12.1 Å². The molecule has 0 spiro atoms. The molecule has 0 radical (unpaired) electrons. The largest absolute Gasteiger partial charge is 0.464 e. The van der Waals surface area contributed by atoms with E-state index in [0.29, 0.717) is 35.6 Å². The van der Waals surface area contributed by atoms with E-state index < -0.39 is 11.8 Å². The lowest BCUT2D eigenvalue weighted by molar-refractivity contribution is 0.0568. The van der Waals surface area contributed by atoms with Crippen LogP contribution in [0.2, 0.25) is 0 Å². The van der Waals surface area contributed by atoms with Crippen LogP contribution in [0.3, 0.4) is 0 Å². The minimum atomic E-state index is -0.567. The summed E-state index contributed by atoms with van der Waals surface area (Å²) in [6.45, 7) is 2.52. The first-order valence-electron chi connectivity index (χ1n) is 8.37. The number of methoxy groups -OCH3 is 1. The molecule has 3 aromatic rings. The number of oxazole rings is 1. The molecule has 0 N–H and O–H groups in total. The molecular weight excluding hydrogens is 353 g/mol. The first-order chi connectivity index (χ1) is 13.0. The third-order valence-electron chi connectivity index (χ3n) is 4.65. The minimum Gasteiger partial charge on any atom is -0.464 e. The molecule has 0 aliphatic carbocycles. The van der Waals surface area contributed by atoms with Gasteiger partial charge in [0, 0.05) is 18.5 Å². The van der Waals surface area contributed by atoms with Crippen molar-refractivity contribution >= 4 is 22.8 Å². The van der Waals surface area contributed by atoms with Crippen LogP contribution in [0.5, 0.6) is 0 Å². The van der Waals surface area contributed by atoms with Gasteiger partial charge >= 0.3 is 5.97 Å². The molecule has 138 valence electrons. The molecule has 1 amide bonds. The molecule has 7 nitrogen and oxygen atoms in total. The molecule has 1 fully saturated rings. The van der Waals surface area contributed by atoms with E-state index in [4.69, 9.17) is 4.42 Å². The number of aryl methyl sites for hydroxylation is 1. The number of pyridine rings is 1. The SMILES string of the molecule is COC(=O)c1coc(C2CN(C(=O)c3cc4cccc(F)c4nc3C)C2)n1. The van der Waals surface area contributed by atoms with Crippen LogP contribution in [0.25, 0.3) is 10.9 Å². The monoisotopic (exact) mass is 369 g/mol. The maximum atomic E-state index is 13.9. The van der Waals surface area contributed by atoms with Gasteiger partial charge in [-0.3, -0.25) is 4.79 Å². The topological polar surface area (TPSA) is 85.5 Å². The lowest BCUT2D eigenvalue weighted by Crippen LogP contribution is -2.48. The number of likely N-dealkylation sites (tertiary alicyclic amines) is 1. The predicted octanol–water partition coefficient (Wildman–Crippen LogP) is 2.70. The van der Waals surface area contributed by atoms with E-state index in [1.54, 1.807) is 30.0 Å². The fourth-order valence-electron chi connectivity index (χ4n) is 3.12. The quantitative estimate of drug-likeness (QED) is 0.660. The first kappa shape index (κ1) is 17.1. The van der Waals surface area contributed by atoms with Crippen molar-refractivity contribution in [3.8, 4) is 0 Å². The number of esters is 1. The van der Waals surface area contributed by atoms with Crippen molar-refractivity contribution in [2.24, 2.45) is 0 Å². The average Bonchev–Trinajstić information content (AvgIpc) is 3.09. The Morgan fingerprint density at radius 3 is 2.81 bits per heavy atom. The Labute approximate surface area is 153 Å². The second-order valence-corrected chi connectivity index (χ2v) is 6.40. The molecule has 1 aromatic carbocycles. The lowest BCUT2D eigenvalue weighted by Gasteiger charge is -2.37. The van der Waals surface area contributed by atoms with Crippen LogP contribution in [-0.2, 0) is 4.74 Å². The fourth-order valence-corrected chi connectivity index (χ4v) is 3.12. The summed E-state index contributed by atoms with van der Waals surface area (Å²) in [4.78, 5) is 34.2. The maximum absolute atomic E-state index is 13.9. The van der Waals surface area contributed by atoms with Gasteiger partial charge in [-0.2, -0.15) is 0 Å². The summed E-state index contributed by atoms with van der Waals surface area (Å²) in [5, 5.41) is 0.580. The Morgan fingerprint density at radius 1 is 1.30 bits per heavy atom. The average molecular weight is 369 g/mol. The summed E-state index contributed by atoms with van der Waals surface area (Å²) < 4.78 is 23.8. The highest BCUT2D eigenvalue weighted by molar-refractivity contribution is 5.99. The van der Waals surface area contributed by atoms with E-state index >= 15 is 0 Å².